The van der Waals surface area contributed by atoms with E-state index in [1.807, 2.05) is 9.33 Å². The predicted molar refractivity (Wildman–Crippen MR) is 87.8 cm³/mol. The topological polar surface area (TPSA) is 258 Å². The first kappa shape index (κ1) is 63.4. The van der Waals surface area contributed by atoms with Crippen LogP contribution in [0.5, 0.6) is 0 Å². The Labute approximate surface area is 181 Å². The molecule has 0 spiro atoms. The van der Waals surface area contributed by atoms with Crippen LogP contribution in [0.2, 0.25) is 0 Å². The van der Waals surface area contributed by atoms with Crippen molar-refractivity contribution < 1.29 is 64.0 Å². The van der Waals surface area contributed by atoms with E-state index in [-0.39, 0.29) is 30.4 Å². The Hall–Kier alpha value is -2.70. The van der Waals surface area contributed by atoms with E-state index in [2.05, 4.69) is 0 Å². The van der Waals surface area contributed by atoms with E-state index < -0.39 is 35.8 Å². The molecule has 152 valence electrons. The first-order chi connectivity index (χ1) is 11.4. The Kier molecular flexibility index (Phi) is 139. The van der Waals surface area contributed by atoms with Crippen molar-refractivity contribution in [3.8, 4) is 0 Å². The fourth-order valence-electron chi connectivity index (χ4n) is 0. The molecule has 29 heavy (non-hydrogen) atoms. The minimum atomic E-state index is -1.08. The molecule has 0 saturated carbocycles. The van der Waals surface area contributed by atoms with Crippen molar-refractivity contribution in [3.05, 3.63) is 0 Å². The third-order valence-corrected chi connectivity index (χ3v) is 0. The Balaban J connectivity index is -0.0000000180. The van der Waals surface area contributed by atoms with Gasteiger partial charge in [0.2, 0.25) is 0 Å². The van der Waals surface area contributed by atoms with E-state index in [9.17, 15) is 0 Å². The summed E-state index contributed by atoms with van der Waals surface area (Å²) in [7, 11) is 2.00. The summed E-state index contributed by atoms with van der Waals surface area (Å²) in [5.41, 5.74) is 0. The molecule has 0 N–H and O–H groups in total. The molecule has 17 heteroatoms. The quantitative estimate of drug-likeness (QED) is 0.339. The van der Waals surface area contributed by atoms with Crippen LogP contribution in [0.15, 0.2) is 0 Å². The van der Waals surface area contributed by atoms with Gasteiger partial charge >= 0.3 is 44.2 Å². The van der Waals surface area contributed by atoms with E-state index in [0.717, 1.165) is 41.5 Å². The van der Waals surface area contributed by atoms with Gasteiger partial charge in [-0.2, -0.15) is 0 Å². The molecule has 0 aromatic carbocycles. The summed E-state index contributed by atoms with van der Waals surface area (Å²) >= 11 is 0. The van der Waals surface area contributed by atoms with Crippen molar-refractivity contribution in [3.63, 3.8) is 0 Å². The van der Waals surface area contributed by atoms with Gasteiger partial charge in [-0.25, -0.2) is 0 Å². The molecule has 0 unspecified atom stereocenters. The maximum absolute atomic E-state index is 8.89. The van der Waals surface area contributed by atoms with E-state index in [0.29, 0.717) is 0 Å². The van der Waals surface area contributed by atoms with Crippen molar-refractivity contribution in [1.29, 1.82) is 0 Å². The fourth-order valence-corrected chi connectivity index (χ4v) is 0. The van der Waals surface area contributed by atoms with Crippen molar-refractivity contribution >= 4 is 75.5 Å². The van der Waals surface area contributed by atoms with Gasteiger partial charge in [-0.3, -0.25) is 0 Å². The van der Waals surface area contributed by atoms with Crippen molar-refractivity contribution in [2.45, 2.75) is 41.5 Å². The molecule has 0 saturated heterocycles. The zero-order valence-electron chi connectivity index (χ0n) is 17.1. The van der Waals surface area contributed by atoms with Crippen LogP contribution in [0, 0.1) is 0 Å². The number of carbonyl (C=O) groups excluding carboxylic acids is 6. The van der Waals surface area contributed by atoms with Gasteiger partial charge in [-0.05, 0) is 41.5 Å². The zero-order chi connectivity index (χ0) is 23.5. The van der Waals surface area contributed by atoms with Gasteiger partial charge in [0.15, 0.2) is 0 Å². The molecule has 0 aromatic heterocycles. The van der Waals surface area contributed by atoms with E-state index in [4.69, 9.17) is 64.0 Å². The molecule has 0 heterocycles. The van der Waals surface area contributed by atoms with Crippen molar-refractivity contribution in [1.82, 2.24) is 0 Å². The van der Waals surface area contributed by atoms with Crippen LogP contribution in [0.1, 0.15) is 41.5 Å². The average molecular weight is 406 g/mol. The molecule has 0 radical (unpaired) electrons. The molecule has 0 fully saturated rings. The summed E-state index contributed by atoms with van der Waals surface area (Å²) in [5.74, 6) is -6.50. The van der Waals surface area contributed by atoms with E-state index >= 15 is 0 Å². The zero-order valence-corrected chi connectivity index (χ0v) is 17.1. The van der Waals surface area contributed by atoms with Gasteiger partial charge in [0.25, 0.3) is 0 Å². The normalized spacial score (nSPS) is 5.38. The molecule has 0 rings (SSSR count). The molecule has 13 nitrogen and oxygen atoms in total. The van der Waals surface area contributed by atoms with Crippen LogP contribution < -0.4 is 30.6 Å². The predicted octanol–water partition coefficient (Wildman–Crippen LogP) is -9.10. The van der Waals surface area contributed by atoms with Gasteiger partial charge in [-0.1, -0.05) is 0 Å². The molecule has 0 aliphatic rings. The first-order valence-electron chi connectivity index (χ1n) is 5.74. The molecule has 0 atom stereocenters. The summed E-state index contributed by atoms with van der Waals surface area (Å²) in [6.45, 7) is 5.83. The second-order valence-corrected chi connectivity index (χ2v) is 2.95. The van der Waals surface area contributed by atoms with Crippen LogP contribution in [-0.4, -0.2) is 75.5 Å². The number of carboxylic acid groups (broad SMARTS) is 6. The summed E-state index contributed by atoms with van der Waals surface area (Å²) in [5, 5.41) is 53.3. The van der Waals surface area contributed by atoms with Gasteiger partial charge < -0.3 is 59.4 Å². The second kappa shape index (κ2) is 63.8. The molecule has 0 aromatic rings. The van der Waals surface area contributed by atoms with E-state index in [1.165, 1.54) is 0 Å². The minimum absolute atomic E-state index is 0. The molecule has 0 aliphatic carbocycles. The molecular weight excluding hydrogens is 388 g/mol. The number of aliphatic carboxylic acids is 6. The number of hydrogen-bond acceptors (Lipinski definition) is 13. The number of hydrogen-bond donors (Lipinski definition) is 0. The van der Waals surface area contributed by atoms with Crippen LogP contribution in [0.25, 0.3) is 0 Å². The summed E-state index contributed by atoms with van der Waals surface area (Å²) in [6, 6.07) is 0. The number of carbonyl (C=O) groups is 6. The van der Waals surface area contributed by atoms with Crippen LogP contribution >= 0.6 is 0 Å². The molecule has 0 bridgehead atoms. The third-order valence-electron chi connectivity index (χ3n) is 0. The third kappa shape index (κ3) is 1880. The number of carboxylic acids is 6. The number of rotatable bonds is 0. The van der Waals surface area contributed by atoms with Crippen LogP contribution in [0.4, 0.5) is 0 Å². The van der Waals surface area contributed by atoms with Crippen LogP contribution in [0.3, 0.4) is 0 Å². The molecular formula is C12H18Be4O13. The molecule has 0 aliphatic heterocycles. The Bertz CT molecular complexity index is 286. The Morgan fingerprint density at radius 3 is 0.379 bits per heavy atom. The Morgan fingerprint density at radius 1 is 0.379 bits per heavy atom. The van der Waals surface area contributed by atoms with Gasteiger partial charge in [-0.15, -0.1) is 0 Å². The summed E-state index contributed by atoms with van der Waals surface area (Å²) in [6.07, 6.45) is 0. The fraction of sp³-hybridized carbons (Fsp3) is 0.500. The van der Waals surface area contributed by atoms with Gasteiger partial charge in [0, 0.05) is 35.8 Å². The molecule has 0 amide bonds. The first-order valence-corrected chi connectivity index (χ1v) is 5.74. The second-order valence-electron chi connectivity index (χ2n) is 2.95. The van der Waals surface area contributed by atoms with Crippen molar-refractivity contribution in [2.75, 3.05) is 0 Å². The van der Waals surface area contributed by atoms with Crippen molar-refractivity contribution in [2.24, 2.45) is 0 Å². The monoisotopic (exact) mass is 406 g/mol. The van der Waals surface area contributed by atoms with E-state index in [1.54, 1.807) is 0 Å². The van der Waals surface area contributed by atoms with Gasteiger partial charge in [0.1, 0.15) is 0 Å². The summed E-state index contributed by atoms with van der Waals surface area (Å²) < 4.78 is 8.00. The SMILES string of the molecule is CC(=O)[O-].CC(=O)[O-].CC(=O)[O-].CC(=O)[O-].CC(=O)[O-].CC(=O)[O-].[Be+2].[Be+2].[Be+2].[Be]=[O]. The summed E-state index contributed by atoms with van der Waals surface area (Å²) in [4.78, 5) is 53.3. The average Bonchev–Trinajstić information content (AvgIpc) is 2.25. The maximum atomic E-state index is 8.89. The standard InChI is InChI=1S/6C2H4O2.4Be.O/c6*1-2(3)4;;;;;/h6*1H3,(H,3,4);;;;;/q;;;;;;;3*+2;/p-6. The van der Waals surface area contributed by atoms with Gasteiger partial charge in [0.05, 0.1) is 0 Å². The Morgan fingerprint density at radius 2 is 0.379 bits per heavy atom. The van der Waals surface area contributed by atoms with Crippen LogP contribution in [-0.2, 0) is 33.3 Å².